The van der Waals surface area contributed by atoms with Crippen LogP contribution in [0.4, 0.5) is 0 Å². The van der Waals surface area contributed by atoms with Crippen LogP contribution < -0.4 is 11.1 Å². The highest BCUT2D eigenvalue weighted by molar-refractivity contribution is 5.99. The molecule has 10 heteroatoms. The molecule has 5 N–H and O–H groups in total. The molecule has 0 saturated carbocycles. The van der Waals surface area contributed by atoms with E-state index < -0.39 is 0 Å². The highest BCUT2D eigenvalue weighted by Gasteiger charge is 2.23. The number of aromatic nitrogens is 6. The van der Waals surface area contributed by atoms with Crippen molar-refractivity contribution in [2.75, 3.05) is 6.54 Å². The Morgan fingerprint density at radius 2 is 1.61 bits per heavy atom. The lowest BCUT2D eigenvalue weighted by Gasteiger charge is -2.07. The molecular formula is C41H46N8O2. The first kappa shape index (κ1) is 35.1. The molecule has 6 rings (SSSR count). The number of amides is 2. The summed E-state index contributed by atoms with van der Waals surface area (Å²) in [6, 6.07) is 6.19. The van der Waals surface area contributed by atoms with Crippen LogP contribution in [-0.2, 0) is 22.6 Å². The third kappa shape index (κ3) is 6.99. The summed E-state index contributed by atoms with van der Waals surface area (Å²) in [5.74, 6) is -0.371. The molecular weight excluding hydrogens is 637 g/mol. The second kappa shape index (κ2) is 14.6. The monoisotopic (exact) mass is 682 g/mol. The van der Waals surface area contributed by atoms with E-state index in [9.17, 15) is 9.59 Å². The molecule has 0 aromatic carbocycles. The maximum absolute atomic E-state index is 13.0. The topological polar surface area (TPSA) is 147 Å². The van der Waals surface area contributed by atoms with E-state index in [2.05, 4.69) is 73.3 Å². The fourth-order valence-electron chi connectivity index (χ4n) is 7.04. The average Bonchev–Trinajstić information content (AvgIpc) is 3.90. The smallest absolute Gasteiger partial charge is 0.220 e. The number of aryl methyl sites for hydroxylation is 5. The van der Waals surface area contributed by atoms with Crippen molar-refractivity contribution in [1.82, 2.24) is 34.8 Å². The van der Waals surface area contributed by atoms with Crippen molar-refractivity contribution in [3.8, 4) is 0 Å². The van der Waals surface area contributed by atoms with Gasteiger partial charge in [0.15, 0.2) is 0 Å². The zero-order chi connectivity index (χ0) is 36.4. The number of aromatic amines is 2. The van der Waals surface area contributed by atoms with Crippen molar-refractivity contribution in [3.63, 3.8) is 0 Å². The van der Waals surface area contributed by atoms with Crippen molar-refractivity contribution in [3.05, 3.63) is 107 Å². The number of carbonyl (C=O) groups excluding carboxylic acids is 2. The Morgan fingerprint density at radius 3 is 2.31 bits per heavy atom. The van der Waals surface area contributed by atoms with Gasteiger partial charge in [0.25, 0.3) is 0 Å². The molecule has 4 aromatic rings. The number of nitrogens with zero attached hydrogens (tertiary/aromatic N) is 4. The van der Waals surface area contributed by atoms with E-state index in [1.54, 1.807) is 12.5 Å². The first-order valence-electron chi connectivity index (χ1n) is 17.4. The first-order valence-corrected chi connectivity index (χ1v) is 17.4. The number of hydrogen-bond donors (Lipinski definition) is 4. The summed E-state index contributed by atoms with van der Waals surface area (Å²) >= 11 is 0. The van der Waals surface area contributed by atoms with Crippen LogP contribution in [0.5, 0.6) is 0 Å². The number of nitrogens with two attached hydrogens (primary N) is 1. The van der Waals surface area contributed by atoms with E-state index in [-0.39, 0.29) is 18.2 Å². The lowest BCUT2D eigenvalue weighted by molar-refractivity contribution is -0.121. The normalized spacial score (nSPS) is 12.8. The summed E-state index contributed by atoms with van der Waals surface area (Å²) in [5, 5.41) is 3.07. The fraction of sp³-hybridized carbons (Fsp3) is 0.293. The van der Waals surface area contributed by atoms with Gasteiger partial charge in [-0.25, -0.2) is 15.0 Å². The number of allylic oxidation sites excluding steroid dienone is 5. The molecule has 0 unspecified atom stereocenters. The number of fused-ring (bicyclic) bond motifs is 8. The first-order chi connectivity index (χ1) is 24.5. The zero-order valence-corrected chi connectivity index (χ0v) is 30.2. The van der Waals surface area contributed by atoms with Crippen LogP contribution in [0.1, 0.15) is 90.1 Å². The van der Waals surface area contributed by atoms with Gasteiger partial charge >= 0.3 is 0 Å². The average molecular weight is 683 g/mol. The van der Waals surface area contributed by atoms with Crippen LogP contribution in [0.2, 0.25) is 0 Å². The minimum atomic E-state index is -0.374. The molecule has 0 saturated heterocycles. The van der Waals surface area contributed by atoms with E-state index in [4.69, 9.17) is 15.7 Å². The van der Waals surface area contributed by atoms with Gasteiger partial charge in [0.1, 0.15) is 0 Å². The van der Waals surface area contributed by atoms with Crippen LogP contribution in [0.3, 0.4) is 0 Å². The van der Waals surface area contributed by atoms with E-state index in [1.807, 2.05) is 35.9 Å². The Balaban J connectivity index is 1.52. The van der Waals surface area contributed by atoms with Gasteiger partial charge in [-0.15, -0.1) is 0 Å². The molecule has 8 bridgehead atoms. The molecule has 0 radical (unpaired) electrons. The van der Waals surface area contributed by atoms with Gasteiger partial charge in [0.05, 0.1) is 29.1 Å². The molecule has 0 aliphatic carbocycles. The van der Waals surface area contributed by atoms with Crippen LogP contribution in [0, 0.1) is 20.8 Å². The SMILES string of the molecule is C=CC1=C(C)c2nc1cc1[nH]c(cc3nc(cc4[nH]c(c(C)c4C)c2CCC(N)=O)C(CCC(=O)NCCCn2ccnc2)=C3C)c(C=C)c1C. The molecule has 2 aliphatic rings. The number of rotatable bonds is 12. The number of carbonyl (C=O) groups is 2. The standard InChI is InChI=1S/C41H46N8O2/c1-8-28-25(5)33-21-36-29(9-2)27(7)41(48-36)31(11-13-38(42)50)40-24(4)23(3)32(47-40)19-37-30(26(6)34(46-37)20-35(28)45-33)12-14-39(51)44-15-10-17-49-18-16-43-22-49/h8-9,16,18-22,45,47H,1-2,10-15,17H2,3-7H3,(H2,42,50)(H,44,51). The molecule has 0 atom stereocenters. The molecule has 10 nitrogen and oxygen atoms in total. The Kier molecular flexibility index (Phi) is 10.0. The number of hydrogen-bond acceptors (Lipinski definition) is 5. The molecule has 0 spiro atoms. The minimum Gasteiger partial charge on any atom is -0.370 e. The second-order valence-electron chi connectivity index (χ2n) is 13.3. The van der Waals surface area contributed by atoms with Gasteiger partial charge in [0.2, 0.25) is 11.8 Å². The predicted octanol–water partition coefficient (Wildman–Crippen LogP) is 7.53. The van der Waals surface area contributed by atoms with Gasteiger partial charge in [-0.3, -0.25) is 9.59 Å². The number of primary amides is 1. The van der Waals surface area contributed by atoms with Gasteiger partial charge in [-0.1, -0.05) is 25.3 Å². The third-order valence-corrected chi connectivity index (χ3v) is 10.2. The molecule has 2 amide bonds. The minimum absolute atomic E-state index is 0.00346. The highest BCUT2D eigenvalue weighted by Crippen LogP contribution is 2.38. The summed E-state index contributed by atoms with van der Waals surface area (Å²) < 4.78 is 2.00. The van der Waals surface area contributed by atoms with Gasteiger partial charge in [-0.2, -0.15) is 0 Å². The van der Waals surface area contributed by atoms with E-state index in [1.165, 1.54) is 0 Å². The molecule has 0 fully saturated rings. The Morgan fingerprint density at radius 1 is 0.863 bits per heavy atom. The van der Waals surface area contributed by atoms with Crippen molar-refractivity contribution in [1.29, 1.82) is 0 Å². The van der Waals surface area contributed by atoms with Gasteiger partial charge in [0, 0.05) is 77.1 Å². The van der Waals surface area contributed by atoms with Gasteiger partial charge < -0.3 is 25.6 Å². The van der Waals surface area contributed by atoms with Crippen LogP contribution in [0.25, 0.3) is 50.4 Å². The summed E-state index contributed by atoms with van der Waals surface area (Å²) in [5.41, 5.74) is 21.5. The summed E-state index contributed by atoms with van der Waals surface area (Å²) in [6.45, 7) is 20.0. The molecule has 6 heterocycles. The van der Waals surface area contributed by atoms with Crippen molar-refractivity contribution < 1.29 is 9.59 Å². The van der Waals surface area contributed by atoms with Crippen molar-refractivity contribution >= 4 is 62.2 Å². The molecule has 2 aliphatic heterocycles. The zero-order valence-electron chi connectivity index (χ0n) is 30.2. The maximum Gasteiger partial charge on any atom is 0.220 e. The number of H-pyrrole nitrogens is 2. The molecule has 51 heavy (non-hydrogen) atoms. The summed E-state index contributed by atoms with van der Waals surface area (Å²) in [7, 11) is 0. The summed E-state index contributed by atoms with van der Waals surface area (Å²) in [4.78, 5) is 46.8. The molecule has 4 aromatic heterocycles. The lowest BCUT2D eigenvalue weighted by atomic mass is 9.98. The third-order valence-electron chi connectivity index (χ3n) is 10.2. The van der Waals surface area contributed by atoms with Crippen molar-refractivity contribution in [2.24, 2.45) is 5.73 Å². The van der Waals surface area contributed by atoms with E-state index in [0.29, 0.717) is 25.8 Å². The van der Waals surface area contributed by atoms with Crippen molar-refractivity contribution in [2.45, 2.75) is 73.3 Å². The van der Waals surface area contributed by atoms with Crippen LogP contribution >= 0.6 is 0 Å². The number of nitrogens with one attached hydrogen (secondary N) is 3. The Bertz CT molecular complexity index is 2300. The largest absolute Gasteiger partial charge is 0.370 e. The van der Waals surface area contributed by atoms with E-state index in [0.717, 1.165) is 108 Å². The van der Waals surface area contributed by atoms with Crippen LogP contribution in [0.15, 0.2) is 56.2 Å². The molecule has 262 valence electrons. The van der Waals surface area contributed by atoms with Gasteiger partial charge in [-0.05, 0) is 105 Å². The Labute approximate surface area is 298 Å². The van der Waals surface area contributed by atoms with Crippen LogP contribution in [-0.4, -0.2) is 47.8 Å². The van der Waals surface area contributed by atoms with E-state index >= 15 is 0 Å². The Hall–Kier alpha value is -5.77. The lowest BCUT2D eigenvalue weighted by Crippen LogP contribution is -2.24. The number of imidazole rings is 1. The second-order valence-corrected chi connectivity index (χ2v) is 13.3. The maximum atomic E-state index is 13.0. The quantitative estimate of drug-likeness (QED) is 0.114. The highest BCUT2D eigenvalue weighted by atomic mass is 16.1. The summed E-state index contributed by atoms with van der Waals surface area (Å²) in [6.07, 6.45) is 11.4. The predicted molar refractivity (Wildman–Crippen MR) is 207 cm³/mol. The fourth-order valence-corrected chi connectivity index (χ4v) is 7.04.